The predicted molar refractivity (Wildman–Crippen MR) is 75.2 cm³/mol. The van der Waals surface area contributed by atoms with Gasteiger partial charge in [-0.05, 0) is 31.2 Å². The fraction of sp³-hybridized carbons (Fsp3) is 0.308. The zero-order valence-corrected chi connectivity index (χ0v) is 11.8. The summed E-state index contributed by atoms with van der Waals surface area (Å²) in [4.78, 5) is 4.36. The highest BCUT2D eigenvalue weighted by Gasteiger charge is 2.14. The SMILES string of the molecule is CNC(Cc1ccc(Cl)cc1Cl)c1cn(C)cn1. The fourth-order valence-electron chi connectivity index (χ4n) is 1.87. The first kappa shape index (κ1) is 13.4. The lowest BCUT2D eigenvalue weighted by atomic mass is 10.0. The highest BCUT2D eigenvalue weighted by atomic mass is 35.5. The number of aryl methyl sites for hydroxylation is 1. The number of aromatic nitrogens is 2. The van der Waals surface area contributed by atoms with E-state index >= 15 is 0 Å². The van der Waals surface area contributed by atoms with Gasteiger partial charge in [0.05, 0.1) is 18.1 Å². The Labute approximate surface area is 117 Å². The van der Waals surface area contributed by atoms with Crippen molar-refractivity contribution in [2.75, 3.05) is 7.05 Å². The molecule has 0 aliphatic rings. The van der Waals surface area contributed by atoms with E-state index in [9.17, 15) is 0 Å². The van der Waals surface area contributed by atoms with Crippen molar-refractivity contribution in [3.63, 3.8) is 0 Å². The molecular weight excluding hydrogens is 269 g/mol. The van der Waals surface area contributed by atoms with Crippen LogP contribution in [0.15, 0.2) is 30.7 Å². The van der Waals surface area contributed by atoms with E-state index in [-0.39, 0.29) is 6.04 Å². The zero-order chi connectivity index (χ0) is 13.1. The minimum atomic E-state index is 0.143. The van der Waals surface area contributed by atoms with Gasteiger partial charge < -0.3 is 9.88 Å². The second kappa shape index (κ2) is 5.74. The van der Waals surface area contributed by atoms with Gasteiger partial charge in [0, 0.05) is 23.3 Å². The summed E-state index contributed by atoms with van der Waals surface area (Å²) in [6, 6.07) is 5.72. The van der Waals surface area contributed by atoms with E-state index in [1.807, 2.05) is 37.0 Å². The molecule has 1 aromatic heterocycles. The summed E-state index contributed by atoms with van der Waals surface area (Å²) in [6.07, 6.45) is 4.58. The Hall–Kier alpha value is -1.03. The Morgan fingerprint density at radius 1 is 1.39 bits per heavy atom. The zero-order valence-electron chi connectivity index (χ0n) is 10.3. The molecule has 2 rings (SSSR count). The smallest absolute Gasteiger partial charge is 0.0947 e. The molecule has 1 aromatic carbocycles. The predicted octanol–water partition coefficient (Wildman–Crippen LogP) is 3.23. The van der Waals surface area contributed by atoms with Crippen LogP contribution >= 0.6 is 23.2 Å². The summed E-state index contributed by atoms with van der Waals surface area (Å²) < 4.78 is 1.93. The third kappa shape index (κ3) is 3.05. The molecule has 2 aromatic rings. The van der Waals surface area contributed by atoms with Crippen molar-refractivity contribution in [1.82, 2.24) is 14.9 Å². The van der Waals surface area contributed by atoms with E-state index in [4.69, 9.17) is 23.2 Å². The van der Waals surface area contributed by atoms with Gasteiger partial charge in [-0.2, -0.15) is 0 Å². The molecule has 0 fully saturated rings. The van der Waals surface area contributed by atoms with Gasteiger partial charge in [0.1, 0.15) is 0 Å². The van der Waals surface area contributed by atoms with Crippen LogP contribution in [0.2, 0.25) is 10.0 Å². The van der Waals surface area contributed by atoms with Crippen LogP contribution in [0.25, 0.3) is 0 Å². The summed E-state index contributed by atoms with van der Waals surface area (Å²) in [6.45, 7) is 0. The van der Waals surface area contributed by atoms with E-state index in [1.165, 1.54) is 0 Å². The highest BCUT2D eigenvalue weighted by Crippen LogP contribution is 2.25. The van der Waals surface area contributed by atoms with Gasteiger partial charge in [-0.25, -0.2) is 4.98 Å². The number of benzene rings is 1. The molecule has 0 radical (unpaired) electrons. The molecule has 0 amide bonds. The van der Waals surface area contributed by atoms with Gasteiger partial charge in [0.25, 0.3) is 0 Å². The summed E-state index contributed by atoms with van der Waals surface area (Å²) in [7, 11) is 3.88. The van der Waals surface area contributed by atoms with Crippen molar-refractivity contribution in [2.24, 2.45) is 7.05 Å². The number of likely N-dealkylation sites (N-methyl/N-ethyl adjacent to an activating group) is 1. The van der Waals surface area contributed by atoms with Gasteiger partial charge in [-0.1, -0.05) is 29.3 Å². The van der Waals surface area contributed by atoms with Gasteiger partial charge in [-0.3, -0.25) is 0 Å². The van der Waals surface area contributed by atoms with Crippen molar-refractivity contribution in [1.29, 1.82) is 0 Å². The molecule has 0 bridgehead atoms. The van der Waals surface area contributed by atoms with E-state index in [2.05, 4.69) is 10.3 Å². The summed E-state index contributed by atoms with van der Waals surface area (Å²) in [5.41, 5.74) is 2.07. The number of hydrogen-bond acceptors (Lipinski definition) is 2. The van der Waals surface area contributed by atoms with Crippen LogP contribution in [0, 0.1) is 0 Å². The molecule has 0 aliphatic heterocycles. The number of halogens is 2. The maximum absolute atomic E-state index is 6.19. The largest absolute Gasteiger partial charge is 0.340 e. The molecule has 0 saturated carbocycles. The molecular formula is C13H15Cl2N3. The number of rotatable bonds is 4. The first-order valence-corrected chi connectivity index (χ1v) is 6.45. The molecule has 0 saturated heterocycles. The van der Waals surface area contributed by atoms with Crippen LogP contribution in [0.4, 0.5) is 0 Å². The van der Waals surface area contributed by atoms with Crippen molar-refractivity contribution in [3.05, 3.63) is 52.0 Å². The van der Waals surface area contributed by atoms with Crippen molar-refractivity contribution in [3.8, 4) is 0 Å². The topological polar surface area (TPSA) is 29.9 Å². The van der Waals surface area contributed by atoms with Crippen LogP contribution in [-0.4, -0.2) is 16.6 Å². The second-order valence-electron chi connectivity index (χ2n) is 4.25. The Morgan fingerprint density at radius 3 is 2.72 bits per heavy atom. The molecule has 0 spiro atoms. The molecule has 1 heterocycles. The minimum absolute atomic E-state index is 0.143. The average Bonchev–Trinajstić information content (AvgIpc) is 2.75. The maximum Gasteiger partial charge on any atom is 0.0947 e. The molecule has 1 N–H and O–H groups in total. The van der Waals surface area contributed by atoms with Crippen LogP contribution in [-0.2, 0) is 13.5 Å². The summed E-state index contributed by atoms with van der Waals surface area (Å²) in [5.74, 6) is 0. The molecule has 1 unspecified atom stereocenters. The number of nitrogens with zero attached hydrogens (tertiary/aromatic N) is 2. The Morgan fingerprint density at radius 2 is 2.17 bits per heavy atom. The second-order valence-corrected chi connectivity index (χ2v) is 5.09. The van der Waals surface area contributed by atoms with Crippen molar-refractivity contribution in [2.45, 2.75) is 12.5 Å². The quantitative estimate of drug-likeness (QED) is 0.934. The Bertz CT molecular complexity index is 537. The van der Waals surface area contributed by atoms with E-state index < -0.39 is 0 Å². The normalized spacial score (nSPS) is 12.7. The standard InChI is InChI=1S/C13H15Cl2N3/c1-16-12(13-7-18(2)8-17-13)5-9-3-4-10(14)6-11(9)15/h3-4,6-8,12,16H,5H2,1-2H3. The fourth-order valence-corrected chi connectivity index (χ4v) is 2.36. The molecule has 18 heavy (non-hydrogen) atoms. The molecule has 1 atom stereocenters. The Balaban J connectivity index is 2.20. The molecule has 96 valence electrons. The van der Waals surface area contributed by atoms with Gasteiger partial charge in [0.15, 0.2) is 0 Å². The Kier molecular flexibility index (Phi) is 4.27. The van der Waals surface area contributed by atoms with Gasteiger partial charge in [-0.15, -0.1) is 0 Å². The lowest BCUT2D eigenvalue weighted by Gasteiger charge is -2.15. The van der Waals surface area contributed by atoms with Crippen molar-refractivity contribution >= 4 is 23.2 Å². The first-order valence-electron chi connectivity index (χ1n) is 5.69. The van der Waals surface area contributed by atoms with Crippen LogP contribution in [0.5, 0.6) is 0 Å². The van der Waals surface area contributed by atoms with Gasteiger partial charge >= 0.3 is 0 Å². The van der Waals surface area contributed by atoms with E-state index in [0.29, 0.717) is 10.0 Å². The summed E-state index contributed by atoms with van der Waals surface area (Å²) in [5, 5.41) is 4.60. The molecule has 5 heteroatoms. The lowest BCUT2D eigenvalue weighted by molar-refractivity contribution is 0.578. The molecule has 3 nitrogen and oxygen atoms in total. The average molecular weight is 284 g/mol. The maximum atomic E-state index is 6.19. The number of imidazole rings is 1. The minimum Gasteiger partial charge on any atom is -0.340 e. The molecule has 0 aliphatic carbocycles. The number of nitrogens with one attached hydrogen (secondary N) is 1. The van der Waals surface area contributed by atoms with E-state index in [0.717, 1.165) is 17.7 Å². The van der Waals surface area contributed by atoms with Crippen LogP contribution in [0.1, 0.15) is 17.3 Å². The monoisotopic (exact) mass is 283 g/mol. The lowest BCUT2D eigenvalue weighted by Crippen LogP contribution is -2.19. The highest BCUT2D eigenvalue weighted by molar-refractivity contribution is 6.35. The van der Waals surface area contributed by atoms with E-state index in [1.54, 1.807) is 12.4 Å². The van der Waals surface area contributed by atoms with Crippen LogP contribution < -0.4 is 5.32 Å². The first-order chi connectivity index (χ1) is 8.60. The third-order valence-corrected chi connectivity index (χ3v) is 3.46. The number of hydrogen-bond donors (Lipinski definition) is 1. The van der Waals surface area contributed by atoms with Crippen molar-refractivity contribution < 1.29 is 0 Å². The van der Waals surface area contributed by atoms with Crippen LogP contribution in [0.3, 0.4) is 0 Å². The van der Waals surface area contributed by atoms with Gasteiger partial charge in [0.2, 0.25) is 0 Å². The summed E-state index contributed by atoms with van der Waals surface area (Å²) >= 11 is 12.1. The third-order valence-electron chi connectivity index (χ3n) is 2.87.